The lowest BCUT2D eigenvalue weighted by Crippen LogP contribution is -2.74. The molecule has 2 unspecified atom stereocenters. The van der Waals surface area contributed by atoms with E-state index in [1.165, 1.54) is 4.90 Å². The van der Waals surface area contributed by atoms with Crippen LogP contribution >= 0.6 is 22.9 Å². The van der Waals surface area contributed by atoms with Gasteiger partial charge in [-0.2, -0.15) is 5.26 Å². The number of thiazole rings is 1. The number of nitrogens with zero attached hydrogens (tertiary/aromatic N) is 5. The fourth-order valence-corrected chi connectivity index (χ4v) is 13.4. The molecule has 18 heteroatoms. The van der Waals surface area contributed by atoms with Crippen molar-refractivity contribution in [1.29, 1.82) is 5.26 Å². The largest absolute Gasteiger partial charge is 0.492 e. The van der Waals surface area contributed by atoms with Crippen LogP contribution in [0.4, 0.5) is 0 Å². The summed E-state index contributed by atoms with van der Waals surface area (Å²) >= 11 is 7.86. The monoisotopic (exact) mass is 1090 g/mol. The Bertz CT molecular complexity index is 2700. The Morgan fingerprint density at radius 3 is 2.23 bits per heavy atom. The Hall–Kier alpha value is -5.16. The Morgan fingerprint density at radius 1 is 0.935 bits per heavy atom. The molecule has 2 saturated heterocycles. The second-order valence-corrected chi connectivity index (χ2v) is 25.0. The third-order valence-electron chi connectivity index (χ3n) is 16.4. The number of carbonyl (C=O) groups excluding carboxylic acids is 3. The molecule has 4 aromatic rings. The number of ether oxygens (including phenoxy) is 3. The summed E-state index contributed by atoms with van der Waals surface area (Å²) in [4.78, 5) is 53.7. The molecule has 3 amide bonds. The van der Waals surface area contributed by atoms with Gasteiger partial charge in [-0.25, -0.2) is 4.98 Å². The first-order valence-electron chi connectivity index (χ1n) is 27.2. The Kier molecular flexibility index (Phi) is 18.4. The molecule has 7 atom stereocenters. The lowest BCUT2D eigenvalue weighted by molar-refractivity contribution is -0.179. The summed E-state index contributed by atoms with van der Waals surface area (Å²) in [7, 11) is 0. The number of likely N-dealkylation sites (tertiary alicyclic amines) is 1. The zero-order valence-electron chi connectivity index (χ0n) is 46.2. The van der Waals surface area contributed by atoms with E-state index < -0.39 is 41.6 Å². The van der Waals surface area contributed by atoms with Crippen LogP contribution in [0.15, 0.2) is 72.2 Å². The van der Waals surface area contributed by atoms with Gasteiger partial charge in [-0.05, 0) is 73.1 Å². The lowest BCUT2D eigenvalue weighted by Gasteiger charge is -2.63. The van der Waals surface area contributed by atoms with E-state index in [1.807, 2.05) is 88.7 Å². The zero-order valence-corrected chi connectivity index (χ0v) is 47.8. The molecule has 4 fully saturated rings. The highest BCUT2D eigenvalue weighted by atomic mass is 35.5. The van der Waals surface area contributed by atoms with Crippen LogP contribution < -0.4 is 25.4 Å². The van der Waals surface area contributed by atoms with Crippen molar-refractivity contribution < 1.29 is 38.8 Å². The third kappa shape index (κ3) is 13.5. The summed E-state index contributed by atoms with van der Waals surface area (Å²) in [5.41, 5.74) is 4.55. The van der Waals surface area contributed by atoms with E-state index in [4.69, 9.17) is 25.8 Å². The van der Waals surface area contributed by atoms with Crippen LogP contribution in [0, 0.1) is 34.5 Å². The van der Waals surface area contributed by atoms with Gasteiger partial charge in [0.05, 0.1) is 44.9 Å². The van der Waals surface area contributed by atoms with Crippen LogP contribution in [0.2, 0.25) is 5.02 Å². The summed E-state index contributed by atoms with van der Waals surface area (Å²) in [6.45, 7) is 22.6. The minimum Gasteiger partial charge on any atom is -0.492 e. The van der Waals surface area contributed by atoms with Crippen molar-refractivity contribution in [3.05, 3.63) is 99.6 Å². The molecular formula is C59H79ClN8O8S. The van der Waals surface area contributed by atoms with Gasteiger partial charge >= 0.3 is 0 Å². The van der Waals surface area contributed by atoms with Crippen molar-refractivity contribution in [2.45, 2.75) is 149 Å². The van der Waals surface area contributed by atoms with Crippen LogP contribution in [0.25, 0.3) is 10.4 Å². The van der Waals surface area contributed by atoms with E-state index in [-0.39, 0.29) is 66.6 Å². The standard InChI is InChI=1S/C59H79ClN8O8S/c1-36(38-14-16-39(17-15-38)50-37(2)62-35-77-50)63-53(72)47-30-42(69)33-68(47)54(73)51(57(3,4)5)64-49(70)34-75-48-13-11-10-12-46(48)67-26-24-66(25-27-67)28-29-74-43-21-18-40(19-22-43)52(71)65-55-58(6,7)56(59(55,8)9)76-44-23-20-41(32-61)45(60)31-44/h14-23,31,35-36,42,46-48,51-52,55-56,65,69,71H,10-13,24-30,33-34H2,1-9H3,(H,63,72)(H,64,70)/t36-,42+,46+,47-,48+,51?,52?,55-,56-/m0/s1. The minimum atomic E-state index is -0.953. The molecule has 0 radical (unpaired) electrons. The SMILES string of the molecule is Cc1ncsc1-c1ccc([C@H](C)NC(=O)[C@@H]2C[C@@H](O)CN2C(=O)C(NC(=O)CO[C@@H]2CCCC[C@H]2N2CCN(CCOc3ccc(C(O)N[C@H]4C(C)(C)[C@H](Oc5ccc(C#N)c(Cl)c5)C4(C)C)cc3)CC2)C(C)(C)C)cc1. The van der Waals surface area contributed by atoms with Gasteiger partial charge < -0.3 is 40.0 Å². The normalized spacial score (nSPS) is 24.7. The predicted octanol–water partition coefficient (Wildman–Crippen LogP) is 7.80. The molecule has 3 heterocycles. The van der Waals surface area contributed by atoms with Crippen LogP contribution in [-0.4, -0.2) is 143 Å². The number of β-amino-alcohol motifs (C(OH)–C–C–N with tert-alkyl or cyclic N) is 1. The molecule has 4 aliphatic rings. The van der Waals surface area contributed by atoms with E-state index in [9.17, 15) is 29.9 Å². The van der Waals surface area contributed by atoms with Crippen molar-refractivity contribution in [2.24, 2.45) is 16.2 Å². The van der Waals surface area contributed by atoms with Crippen LogP contribution in [-0.2, 0) is 19.1 Å². The lowest BCUT2D eigenvalue weighted by atomic mass is 9.49. The van der Waals surface area contributed by atoms with Gasteiger partial charge in [0.25, 0.3) is 0 Å². The number of piperazine rings is 1. The third-order valence-corrected chi connectivity index (χ3v) is 17.7. The summed E-state index contributed by atoms with van der Waals surface area (Å²) in [5, 5.41) is 41.2. The maximum atomic E-state index is 14.4. The molecule has 77 heavy (non-hydrogen) atoms. The average molecular weight is 1100 g/mol. The fourth-order valence-electron chi connectivity index (χ4n) is 12.4. The number of hydrogen-bond donors (Lipinski definition) is 5. The predicted molar refractivity (Wildman–Crippen MR) is 298 cm³/mol. The van der Waals surface area contributed by atoms with Gasteiger partial charge in [0.1, 0.15) is 55.2 Å². The molecular weight excluding hydrogens is 1020 g/mol. The molecule has 0 bridgehead atoms. The van der Waals surface area contributed by atoms with Crippen molar-refractivity contribution in [3.8, 4) is 28.0 Å². The number of rotatable bonds is 19. The van der Waals surface area contributed by atoms with E-state index in [0.29, 0.717) is 22.9 Å². The number of aliphatic hydroxyl groups excluding tert-OH is 2. The van der Waals surface area contributed by atoms with E-state index in [0.717, 1.165) is 91.4 Å². The Balaban J connectivity index is 0.763. The van der Waals surface area contributed by atoms with E-state index >= 15 is 0 Å². The first kappa shape index (κ1) is 58.0. The van der Waals surface area contributed by atoms with Gasteiger partial charge in [0.2, 0.25) is 17.7 Å². The molecule has 8 rings (SSSR count). The number of nitriles is 1. The van der Waals surface area contributed by atoms with Crippen molar-refractivity contribution >= 4 is 40.7 Å². The van der Waals surface area contributed by atoms with Crippen LogP contribution in [0.3, 0.4) is 0 Å². The molecule has 0 spiro atoms. The molecule has 5 N–H and O–H groups in total. The molecule has 16 nitrogen and oxygen atoms in total. The van der Waals surface area contributed by atoms with Crippen molar-refractivity contribution in [1.82, 2.24) is 35.6 Å². The second kappa shape index (κ2) is 24.5. The smallest absolute Gasteiger partial charge is 0.246 e. The average Bonchev–Trinajstić information content (AvgIpc) is 4.04. The summed E-state index contributed by atoms with van der Waals surface area (Å²) in [6, 6.07) is 20.7. The number of aryl methyl sites for hydroxylation is 1. The number of amides is 3. The van der Waals surface area contributed by atoms with Crippen LogP contribution in [0.5, 0.6) is 11.5 Å². The summed E-state index contributed by atoms with van der Waals surface area (Å²) < 4.78 is 19.0. The number of aromatic nitrogens is 1. The maximum absolute atomic E-state index is 14.4. The van der Waals surface area contributed by atoms with Crippen LogP contribution in [0.1, 0.15) is 122 Å². The highest BCUT2D eigenvalue weighted by molar-refractivity contribution is 7.13. The van der Waals surface area contributed by atoms with Crippen molar-refractivity contribution in [3.63, 3.8) is 0 Å². The zero-order chi connectivity index (χ0) is 55.4. The molecule has 1 aromatic heterocycles. The van der Waals surface area contributed by atoms with E-state index in [1.54, 1.807) is 29.5 Å². The summed E-state index contributed by atoms with van der Waals surface area (Å²) in [6.07, 6.45) is 1.98. The topological polar surface area (TPSA) is 202 Å². The van der Waals surface area contributed by atoms with Gasteiger partial charge in [-0.1, -0.05) is 109 Å². The number of benzene rings is 3. The highest BCUT2D eigenvalue weighted by Gasteiger charge is 2.64. The highest BCUT2D eigenvalue weighted by Crippen LogP contribution is 2.56. The minimum absolute atomic E-state index is 0.00573. The molecule has 3 aromatic carbocycles. The Morgan fingerprint density at radius 2 is 1.60 bits per heavy atom. The fraction of sp³-hybridized carbons (Fsp3) is 0.576. The first-order valence-corrected chi connectivity index (χ1v) is 28.5. The number of nitrogens with one attached hydrogen (secondary N) is 3. The quantitative estimate of drug-likeness (QED) is 0.0570. The number of halogens is 1. The molecule has 2 aliphatic heterocycles. The van der Waals surface area contributed by atoms with Crippen molar-refractivity contribution in [2.75, 3.05) is 52.5 Å². The van der Waals surface area contributed by atoms with Gasteiger partial charge in [-0.15, -0.1) is 11.3 Å². The number of hydrogen-bond acceptors (Lipinski definition) is 14. The number of aliphatic hydroxyl groups is 2. The number of carbonyl (C=O) groups is 3. The first-order chi connectivity index (χ1) is 36.5. The molecule has 2 aliphatic carbocycles. The van der Waals surface area contributed by atoms with Gasteiger partial charge in [0, 0.05) is 74.7 Å². The summed E-state index contributed by atoms with van der Waals surface area (Å²) in [5.74, 6) is 0.182. The van der Waals surface area contributed by atoms with Gasteiger partial charge in [-0.3, -0.25) is 29.5 Å². The maximum Gasteiger partial charge on any atom is 0.246 e. The molecule has 2 saturated carbocycles. The van der Waals surface area contributed by atoms with E-state index in [2.05, 4.69) is 64.5 Å². The van der Waals surface area contributed by atoms with Gasteiger partial charge in [0.15, 0.2) is 0 Å². The Labute approximate surface area is 463 Å². The second-order valence-electron chi connectivity index (χ2n) is 23.8. The molecule has 416 valence electrons.